The molecule has 68 valence electrons. The van der Waals surface area contributed by atoms with Crippen LogP contribution in [0, 0.1) is 26.2 Å². The van der Waals surface area contributed by atoms with Crippen LogP contribution in [0.1, 0.15) is 29.2 Å². The SMILES string of the molecule is C#CCC(N)c1c(C)cccc1C. The second-order valence-electron chi connectivity index (χ2n) is 3.32. The van der Waals surface area contributed by atoms with Gasteiger partial charge >= 0.3 is 0 Å². The first-order valence-corrected chi connectivity index (χ1v) is 4.42. The fourth-order valence-electron chi connectivity index (χ4n) is 1.64. The maximum Gasteiger partial charge on any atom is 0.0411 e. The van der Waals surface area contributed by atoms with Gasteiger partial charge in [-0.2, -0.15) is 0 Å². The van der Waals surface area contributed by atoms with Gasteiger partial charge in [0.25, 0.3) is 0 Å². The molecule has 0 aliphatic carbocycles. The monoisotopic (exact) mass is 173 g/mol. The molecule has 0 bridgehead atoms. The first kappa shape index (κ1) is 9.83. The molecule has 1 aromatic carbocycles. The minimum atomic E-state index is -0.0220. The Morgan fingerprint density at radius 2 is 1.92 bits per heavy atom. The predicted molar refractivity (Wildman–Crippen MR) is 56.3 cm³/mol. The molecule has 0 aliphatic rings. The van der Waals surface area contributed by atoms with Gasteiger partial charge in [-0.05, 0) is 30.5 Å². The van der Waals surface area contributed by atoms with Crippen LogP contribution in [0.5, 0.6) is 0 Å². The summed E-state index contributed by atoms with van der Waals surface area (Å²) in [5.41, 5.74) is 9.61. The van der Waals surface area contributed by atoms with E-state index >= 15 is 0 Å². The molecule has 2 N–H and O–H groups in total. The highest BCUT2D eigenvalue weighted by molar-refractivity contribution is 5.36. The second-order valence-corrected chi connectivity index (χ2v) is 3.32. The number of terminal acetylenes is 1. The summed E-state index contributed by atoms with van der Waals surface area (Å²) < 4.78 is 0. The van der Waals surface area contributed by atoms with Crippen LogP contribution in [0.3, 0.4) is 0 Å². The molecule has 0 aromatic heterocycles. The minimum absolute atomic E-state index is 0.0220. The normalized spacial score (nSPS) is 12.2. The number of nitrogens with two attached hydrogens (primary N) is 1. The maximum absolute atomic E-state index is 5.96. The van der Waals surface area contributed by atoms with Crippen molar-refractivity contribution in [1.29, 1.82) is 0 Å². The van der Waals surface area contributed by atoms with Crippen molar-refractivity contribution in [3.05, 3.63) is 34.9 Å². The van der Waals surface area contributed by atoms with Crippen LogP contribution in [0.25, 0.3) is 0 Å². The standard InChI is InChI=1S/C12H15N/c1-4-6-11(13)12-9(2)7-5-8-10(12)3/h1,5,7-8,11H,6,13H2,2-3H3. The van der Waals surface area contributed by atoms with Crippen molar-refractivity contribution in [2.45, 2.75) is 26.3 Å². The van der Waals surface area contributed by atoms with E-state index in [4.69, 9.17) is 12.2 Å². The lowest BCUT2D eigenvalue weighted by atomic mass is 9.95. The average molecular weight is 173 g/mol. The third-order valence-corrected chi connectivity index (χ3v) is 2.25. The molecule has 0 heterocycles. The molecule has 1 unspecified atom stereocenters. The fraction of sp³-hybridized carbons (Fsp3) is 0.333. The number of hydrogen-bond acceptors (Lipinski definition) is 1. The molecule has 0 saturated heterocycles. The van der Waals surface area contributed by atoms with Crippen molar-refractivity contribution < 1.29 is 0 Å². The topological polar surface area (TPSA) is 26.0 Å². The van der Waals surface area contributed by atoms with Crippen LogP contribution in [0.15, 0.2) is 18.2 Å². The zero-order valence-electron chi connectivity index (χ0n) is 8.17. The molecule has 0 radical (unpaired) electrons. The summed E-state index contributed by atoms with van der Waals surface area (Å²) in [6, 6.07) is 6.15. The van der Waals surface area contributed by atoms with Gasteiger partial charge < -0.3 is 5.73 Å². The van der Waals surface area contributed by atoms with E-state index in [0.717, 1.165) is 0 Å². The van der Waals surface area contributed by atoms with E-state index in [9.17, 15) is 0 Å². The molecule has 0 fully saturated rings. The molecule has 13 heavy (non-hydrogen) atoms. The van der Waals surface area contributed by atoms with Gasteiger partial charge in [-0.25, -0.2) is 0 Å². The van der Waals surface area contributed by atoms with Crippen LogP contribution in [-0.4, -0.2) is 0 Å². The van der Waals surface area contributed by atoms with Crippen LogP contribution < -0.4 is 5.73 Å². The Labute approximate surface area is 80.0 Å². The Bertz CT molecular complexity index is 313. The van der Waals surface area contributed by atoms with Crippen molar-refractivity contribution in [1.82, 2.24) is 0 Å². The number of aryl methyl sites for hydroxylation is 2. The fourth-order valence-corrected chi connectivity index (χ4v) is 1.64. The second kappa shape index (κ2) is 4.11. The third-order valence-electron chi connectivity index (χ3n) is 2.25. The summed E-state index contributed by atoms with van der Waals surface area (Å²) in [7, 11) is 0. The lowest BCUT2D eigenvalue weighted by Crippen LogP contribution is -2.12. The molecule has 1 rings (SSSR count). The van der Waals surface area contributed by atoms with Crippen molar-refractivity contribution in [2.75, 3.05) is 0 Å². The van der Waals surface area contributed by atoms with Crippen LogP contribution >= 0.6 is 0 Å². The van der Waals surface area contributed by atoms with Gasteiger partial charge in [-0.1, -0.05) is 18.2 Å². The molecule has 1 heteroatoms. The molecule has 0 saturated carbocycles. The third kappa shape index (κ3) is 2.11. The van der Waals surface area contributed by atoms with Crippen LogP contribution in [0.2, 0.25) is 0 Å². The van der Waals surface area contributed by atoms with E-state index in [1.54, 1.807) is 0 Å². The Hall–Kier alpha value is -1.26. The molecule has 1 atom stereocenters. The summed E-state index contributed by atoms with van der Waals surface area (Å²) in [5, 5.41) is 0. The van der Waals surface area contributed by atoms with E-state index in [2.05, 4.69) is 31.9 Å². The Balaban J connectivity index is 3.06. The Kier molecular flexibility index (Phi) is 3.11. The Morgan fingerprint density at radius 3 is 2.38 bits per heavy atom. The first-order chi connectivity index (χ1) is 6.16. The van der Waals surface area contributed by atoms with Crippen LogP contribution in [0.4, 0.5) is 0 Å². The molecule has 0 spiro atoms. The van der Waals surface area contributed by atoms with Gasteiger partial charge in [0.05, 0.1) is 0 Å². The highest BCUT2D eigenvalue weighted by atomic mass is 14.6. The van der Waals surface area contributed by atoms with E-state index in [-0.39, 0.29) is 6.04 Å². The van der Waals surface area contributed by atoms with Crippen molar-refractivity contribution in [2.24, 2.45) is 5.73 Å². The number of hydrogen-bond donors (Lipinski definition) is 1. The number of benzene rings is 1. The molecular weight excluding hydrogens is 158 g/mol. The average Bonchev–Trinajstić information content (AvgIpc) is 2.04. The predicted octanol–water partition coefficient (Wildman–Crippen LogP) is 2.33. The summed E-state index contributed by atoms with van der Waals surface area (Å²) in [6.45, 7) is 4.14. The van der Waals surface area contributed by atoms with Crippen molar-refractivity contribution in [3.63, 3.8) is 0 Å². The zero-order valence-corrected chi connectivity index (χ0v) is 8.17. The summed E-state index contributed by atoms with van der Waals surface area (Å²) >= 11 is 0. The van der Waals surface area contributed by atoms with Gasteiger partial charge in [-0.3, -0.25) is 0 Å². The maximum atomic E-state index is 5.96. The molecule has 1 aromatic rings. The van der Waals surface area contributed by atoms with Gasteiger partial charge in [0.2, 0.25) is 0 Å². The lowest BCUT2D eigenvalue weighted by molar-refractivity contribution is 0.742. The van der Waals surface area contributed by atoms with E-state index < -0.39 is 0 Å². The van der Waals surface area contributed by atoms with Gasteiger partial charge in [0.1, 0.15) is 0 Å². The lowest BCUT2D eigenvalue weighted by Gasteiger charge is -2.14. The molecule has 1 nitrogen and oxygen atoms in total. The van der Waals surface area contributed by atoms with Crippen LogP contribution in [-0.2, 0) is 0 Å². The highest BCUT2D eigenvalue weighted by Crippen LogP contribution is 2.21. The highest BCUT2D eigenvalue weighted by Gasteiger charge is 2.09. The minimum Gasteiger partial charge on any atom is -0.323 e. The quantitative estimate of drug-likeness (QED) is 0.682. The largest absolute Gasteiger partial charge is 0.323 e. The Morgan fingerprint density at radius 1 is 1.38 bits per heavy atom. The smallest absolute Gasteiger partial charge is 0.0411 e. The summed E-state index contributed by atoms with van der Waals surface area (Å²) in [4.78, 5) is 0. The van der Waals surface area contributed by atoms with Gasteiger partial charge in [0.15, 0.2) is 0 Å². The first-order valence-electron chi connectivity index (χ1n) is 4.42. The van der Waals surface area contributed by atoms with E-state index in [1.165, 1.54) is 16.7 Å². The van der Waals surface area contributed by atoms with E-state index in [0.29, 0.717) is 6.42 Å². The van der Waals surface area contributed by atoms with Gasteiger partial charge in [0, 0.05) is 12.5 Å². The van der Waals surface area contributed by atoms with Crippen molar-refractivity contribution in [3.8, 4) is 12.3 Å². The summed E-state index contributed by atoms with van der Waals surface area (Å²) in [5.74, 6) is 2.60. The zero-order chi connectivity index (χ0) is 9.84. The van der Waals surface area contributed by atoms with E-state index in [1.807, 2.05) is 6.07 Å². The van der Waals surface area contributed by atoms with Gasteiger partial charge in [-0.15, -0.1) is 12.3 Å². The number of rotatable bonds is 2. The molecule has 0 amide bonds. The molecular formula is C12H15N. The summed E-state index contributed by atoms with van der Waals surface area (Å²) in [6.07, 6.45) is 5.84. The van der Waals surface area contributed by atoms with Crippen molar-refractivity contribution >= 4 is 0 Å². The molecule has 0 aliphatic heterocycles.